The second kappa shape index (κ2) is 7.18. The summed E-state index contributed by atoms with van der Waals surface area (Å²) in [5, 5.41) is 2.73. The highest BCUT2D eigenvalue weighted by atomic mass is 79.9. The van der Waals surface area contributed by atoms with Gasteiger partial charge in [0.2, 0.25) is 0 Å². The average Bonchev–Trinajstić information content (AvgIpc) is 2.74. The summed E-state index contributed by atoms with van der Waals surface area (Å²) in [6.07, 6.45) is 0. The summed E-state index contributed by atoms with van der Waals surface area (Å²) >= 11 is 3.32. The van der Waals surface area contributed by atoms with Gasteiger partial charge in [-0.25, -0.2) is 0 Å². The third kappa shape index (κ3) is 3.00. The highest BCUT2D eigenvalue weighted by Crippen LogP contribution is 2.39. The minimum atomic E-state index is -0.472. The molecule has 4 rings (SSSR count). The predicted octanol–water partition coefficient (Wildman–Crippen LogP) is 4.07. The lowest BCUT2D eigenvalue weighted by atomic mass is 9.82. The summed E-state index contributed by atoms with van der Waals surface area (Å²) in [4.78, 5) is 39.1. The van der Waals surface area contributed by atoms with E-state index < -0.39 is 5.91 Å². The molecule has 3 aromatic carbocycles. The number of carbonyl (C=O) groups is 3. The summed E-state index contributed by atoms with van der Waals surface area (Å²) in [6, 6.07) is 14.8. The first kappa shape index (κ1) is 18.9. The van der Waals surface area contributed by atoms with Crippen molar-refractivity contribution < 1.29 is 19.1 Å². The van der Waals surface area contributed by atoms with E-state index in [4.69, 9.17) is 10.5 Å². The van der Waals surface area contributed by atoms with Gasteiger partial charge in [-0.2, -0.15) is 0 Å². The number of fused-ring (bicyclic) bond motifs is 2. The quantitative estimate of drug-likeness (QED) is 0.458. The van der Waals surface area contributed by atoms with E-state index in [1.807, 2.05) is 0 Å². The van der Waals surface area contributed by atoms with E-state index in [-0.39, 0.29) is 45.2 Å². The normalized spacial score (nSPS) is 12.2. The molecule has 1 aliphatic rings. The van der Waals surface area contributed by atoms with Crippen molar-refractivity contribution in [3.05, 3.63) is 86.9 Å². The van der Waals surface area contributed by atoms with E-state index in [0.29, 0.717) is 15.8 Å². The van der Waals surface area contributed by atoms with Crippen molar-refractivity contribution in [3.8, 4) is 5.75 Å². The number of benzene rings is 3. The molecule has 3 N–H and O–H groups in total. The van der Waals surface area contributed by atoms with Crippen LogP contribution in [0, 0.1) is 0 Å². The number of rotatable bonds is 3. The molecule has 1 amide bonds. The van der Waals surface area contributed by atoms with Crippen LogP contribution in [0.25, 0.3) is 0 Å². The first-order chi connectivity index (χ1) is 13.9. The first-order valence-electron chi connectivity index (χ1n) is 8.68. The number of ether oxygens (including phenoxy) is 1. The van der Waals surface area contributed by atoms with Crippen LogP contribution in [-0.2, 0) is 0 Å². The summed E-state index contributed by atoms with van der Waals surface area (Å²) in [5.41, 5.74) is 7.50. The predicted molar refractivity (Wildman–Crippen MR) is 113 cm³/mol. The van der Waals surface area contributed by atoms with Crippen LogP contribution in [0.1, 0.15) is 42.2 Å². The molecule has 1 aliphatic carbocycles. The Kier molecular flexibility index (Phi) is 4.68. The fraction of sp³-hybridized carbons (Fsp3) is 0.0455. The summed E-state index contributed by atoms with van der Waals surface area (Å²) in [6.45, 7) is 0. The van der Waals surface area contributed by atoms with Gasteiger partial charge in [0, 0.05) is 15.6 Å². The van der Waals surface area contributed by atoms with Gasteiger partial charge in [0.25, 0.3) is 5.91 Å². The Balaban J connectivity index is 1.86. The molecule has 0 heterocycles. The lowest BCUT2D eigenvalue weighted by molar-refractivity contribution is 0.0979. The van der Waals surface area contributed by atoms with Crippen LogP contribution < -0.4 is 15.8 Å². The van der Waals surface area contributed by atoms with Crippen molar-refractivity contribution in [1.29, 1.82) is 0 Å². The number of para-hydroxylation sites is 1. The first-order valence-corrected chi connectivity index (χ1v) is 9.48. The Morgan fingerprint density at radius 2 is 1.55 bits per heavy atom. The van der Waals surface area contributed by atoms with Gasteiger partial charge >= 0.3 is 0 Å². The molecule has 7 heteroatoms. The summed E-state index contributed by atoms with van der Waals surface area (Å²) < 4.78 is 5.64. The van der Waals surface area contributed by atoms with Crippen LogP contribution in [0.5, 0.6) is 5.75 Å². The van der Waals surface area contributed by atoms with Gasteiger partial charge in [-0.05, 0) is 34.1 Å². The van der Waals surface area contributed by atoms with E-state index >= 15 is 0 Å². The zero-order chi connectivity index (χ0) is 20.7. The number of methoxy groups -OCH3 is 1. The summed E-state index contributed by atoms with van der Waals surface area (Å²) in [7, 11) is 1.47. The van der Waals surface area contributed by atoms with Gasteiger partial charge in [0.1, 0.15) is 5.75 Å². The minimum absolute atomic E-state index is 0.0812. The number of nitrogens with one attached hydrogen (secondary N) is 1. The number of hydrogen-bond donors (Lipinski definition) is 2. The maximum atomic E-state index is 13.2. The molecule has 6 nitrogen and oxygen atoms in total. The lowest BCUT2D eigenvalue weighted by Crippen LogP contribution is -2.25. The molecule has 0 saturated carbocycles. The highest BCUT2D eigenvalue weighted by Gasteiger charge is 2.34. The van der Waals surface area contributed by atoms with Crippen LogP contribution in [0.4, 0.5) is 11.4 Å². The number of anilines is 2. The molecule has 0 unspecified atom stereocenters. The maximum Gasteiger partial charge on any atom is 0.259 e. The van der Waals surface area contributed by atoms with E-state index in [9.17, 15) is 14.4 Å². The number of ketones is 2. The van der Waals surface area contributed by atoms with E-state index in [1.54, 1.807) is 48.5 Å². The van der Waals surface area contributed by atoms with Gasteiger partial charge < -0.3 is 15.8 Å². The lowest BCUT2D eigenvalue weighted by Gasteiger charge is -2.23. The third-order valence-electron chi connectivity index (χ3n) is 4.79. The highest BCUT2D eigenvalue weighted by molar-refractivity contribution is 9.10. The average molecular weight is 451 g/mol. The van der Waals surface area contributed by atoms with E-state index in [2.05, 4.69) is 21.2 Å². The van der Waals surface area contributed by atoms with Crippen molar-refractivity contribution in [2.75, 3.05) is 18.2 Å². The van der Waals surface area contributed by atoms with Gasteiger partial charge in [0.15, 0.2) is 11.6 Å². The zero-order valence-electron chi connectivity index (χ0n) is 15.3. The Labute approximate surface area is 174 Å². The molecular formula is C22H15BrN2O4. The van der Waals surface area contributed by atoms with Gasteiger partial charge in [-0.1, -0.05) is 36.4 Å². The van der Waals surface area contributed by atoms with Crippen LogP contribution in [-0.4, -0.2) is 24.6 Å². The molecule has 0 fully saturated rings. The Hall–Kier alpha value is -3.45. The zero-order valence-corrected chi connectivity index (χ0v) is 16.9. The third-order valence-corrected chi connectivity index (χ3v) is 5.44. The number of amides is 1. The largest absolute Gasteiger partial charge is 0.496 e. The van der Waals surface area contributed by atoms with Crippen LogP contribution in [0.15, 0.2) is 59.1 Å². The number of carbonyl (C=O) groups excluding carboxylic acids is 3. The molecule has 0 aromatic heterocycles. The van der Waals surface area contributed by atoms with Crippen molar-refractivity contribution in [3.63, 3.8) is 0 Å². The molecule has 29 heavy (non-hydrogen) atoms. The monoisotopic (exact) mass is 450 g/mol. The number of nitrogens with two attached hydrogens (primary N) is 1. The minimum Gasteiger partial charge on any atom is -0.496 e. The van der Waals surface area contributed by atoms with Crippen LogP contribution >= 0.6 is 15.9 Å². The van der Waals surface area contributed by atoms with Crippen LogP contribution in [0.2, 0.25) is 0 Å². The second-order valence-electron chi connectivity index (χ2n) is 6.43. The fourth-order valence-electron chi connectivity index (χ4n) is 3.41. The summed E-state index contributed by atoms with van der Waals surface area (Å²) in [5.74, 6) is -0.812. The number of hydrogen-bond acceptors (Lipinski definition) is 5. The van der Waals surface area contributed by atoms with Crippen LogP contribution in [0.3, 0.4) is 0 Å². The molecule has 0 bridgehead atoms. The topological polar surface area (TPSA) is 98.5 Å². The van der Waals surface area contributed by atoms with Crippen molar-refractivity contribution >= 4 is 44.8 Å². The second-order valence-corrected chi connectivity index (χ2v) is 7.28. The smallest absolute Gasteiger partial charge is 0.259 e. The Morgan fingerprint density at radius 1 is 0.966 bits per heavy atom. The number of halogens is 1. The van der Waals surface area contributed by atoms with E-state index in [0.717, 1.165) is 0 Å². The molecule has 0 radical (unpaired) electrons. The molecule has 144 valence electrons. The molecule has 0 aliphatic heterocycles. The molecule has 0 atom stereocenters. The van der Waals surface area contributed by atoms with Gasteiger partial charge in [0.05, 0.1) is 35.2 Å². The van der Waals surface area contributed by atoms with Gasteiger partial charge in [-0.15, -0.1) is 0 Å². The molecule has 0 spiro atoms. The standard InChI is InChI=1S/C22H15BrN2O4/c1-29-16-9-5-4-8-13(16)22(28)25-15-10-14(23)19(24)18-17(15)20(26)11-6-2-3-7-12(11)21(18)27/h2-10H,24H2,1H3,(H,25,28). The van der Waals surface area contributed by atoms with Crippen molar-refractivity contribution in [2.45, 2.75) is 0 Å². The fourth-order valence-corrected chi connectivity index (χ4v) is 3.83. The Morgan fingerprint density at radius 3 is 2.21 bits per heavy atom. The maximum absolute atomic E-state index is 13.2. The molecular weight excluding hydrogens is 436 g/mol. The van der Waals surface area contributed by atoms with E-state index in [1.165, 1.54) is 13.2 Å². The van der Waals surface area contributed by atoms with Crippen molar-refractivity contribution in [1.82, 2.24) is 0 Å². The van der Waals surface area contributed by atoms with Crippen molar-refractivity contribution in [2.24, 2.45) is 0 Å². The molecule has 0 saturated heterocycles. The van der Waals surface area contributed by atoms with Gasteiger partial charge in [-0.3, -0.25) is 14.4 Å². The Bertz CT molecular complexity index is 1200. The number of nitrogen functional groups attached to an aromatic ring is 1. The molecule has 3 aromatic rings. The SMILES string of the molecule is COc1ccccc1C(=O)Nc1cc(Br)c(N)c2c1C(=O)c1ccccc1C2=O.